The third-order valence-corrected chi connectivity index (χ3v) is 3.03. The average Bonchev–Trinajstić information content (AvgIpc) is 2.26. The molecule has 0 aromatic heterocycles. The summed E-state index contributed by atoms with van der Waals surface area (Å²) in [6, 6.07) is 4.45. The Hall–Kier alpha value is -1.07. The highest BCUT2D eigenvalue weighted by Crippen LogP contribution is 2.24. The van der Waals surface area contributed by atoms with Gasteiger partial charge in [-0.15, -0.1) is 11.8 Å². The zero-order valence-electron chi connectivity index (χ0n) is 9.07. The van der Waals surface area contributed by atoms with Crippen LogP contribution in [0.25, 0.3) is 0 Å². The van der Waals surface area contributed by atoms with Crippen LogP contribution in [0.1, 0.15) is 18.6 Å². The second kappa shape index (κ2) is 5.86. The molecule has 0 saturated heterocycles. The molecule has 3 nitrogen and oxygen atoms in total. The molecule has 0 aliphatic rings. The van der Waals surface area contributed by atoms with Crippen molar-refractivity contribution in [1.82, 2.24) is 0 Å². The van der Waals surface area contributed by atoms with Crippen LogP contribution in [-0.4, -0.2) is 23.9 Å². The van der Waals surface area contributed by atoms with Crippen LogP contribution >= 0.6 is 11.8 Å². The molecule has 0 amide bonds. The van der Waals surface area contributed by atoms with Gasteiger partial charge in [0.1, 0.15) is 5.82 Å². The van der Waals surface area contributed by atoms with Gasteiger partial charge in [-0.2, -0.15) is 0 Å². The van der Waals surface area contributed by atoms with Crippen LogP contribution in [0.2, 0.25) is 0 Å². The molecule has 0 heterocycles. The van der Waals surface area contributed by atoms with Crippen molar-refractivity contribution in [1.29, 1.82) is 0 Å². The summed E-state index contributed by atoms with van der Waals surface area (Å²) >= 11 is 1.07. The maximum atomic E-state index is 13.5. The molecule has 0 bridgehead atoms. The Labute approximate surface area is 97.6 Å². The summed E-state index contributed by atoms with van der Waals surface area (Å²) in [4.78, 5) is 11.2. The molecule has 1 N–H and O–H groups in total. The first-order valence-corrected chi connectivity index (χ1v) is 5.70. The normalized spacial score (nSPS) is 12.2. The van der Waals surface area contributed by atoms with Gasteiger partial charge in [0, 0.05) is 4.90 Å². The lowest BCUT2D eigenvalue weighted by Crippen LogP contribution is -2.03. The third-order valence-electron chi connectivity index (χ3n) is 2.01. The predicted molar refractivity (Wildman–Crippen MR) is 59.8 cm³/mol. The lowest BCUT2D eigenvalue weighted by Gasteiger charge is -2.07. The lowest BCUT2D eigenvalue weighted by atomic mass is 10.1. The minimum Gasteiger partial charge on any atom is -0.468 e. The van der Waals surface area contributed by atoms with E-state index in [0.29, 0.717) is 10.5 Å². The Morgan fingerprint density at radius 2 is 2.31 bits per heavy atom. The summed E-state index contributed by atoms with van der Waals surface area (Å²) in [5, 5.41) is 9.25. The first kappa shape index (κ1) is 13.0. The number of benzene rings is 1. The van der Waals surface area contributed by atoms with Crippen LogP contribution in [-0.2, 0) is 9.53 Å². The number of aliphatic hydroxyl groups is 1. The van der Waals surface area contributed by atoms with Crippen molar-refractivity contribution in [3.05, 3.63) is 29.6 Å². The maximum Gasteiger partial charge on any atom is 0.315 e. The molecule has 1 aromatic rings. The van der Waals surface area contributed by atoms with Crippen molar-refractivity contribution < 1.29 is 19.0 Å². The second-order valence-corrected chi connectivity index (χ2v) is 4.25. The number of hydrogen-bond donors (Lipinski definition) is 1. The molecule has 5 heteroatoms. The third kappa shape index (κ3) is 3.50. The number of esters is 1. The van der Waals surface area contributed by atoms with Crippen LogP contribution in [0, 0.1) is 5.82 Å². The summed E-state index contributed by atoms with van der Waals surface area (Å²) in [5.41, 5.74) is 0.514. The zero-order chi connectivity index (χ0) is 12.1. The summed E-state index contributed by atoms with van der Waals surface area (Å²) < 4.78 is 17.9. The smallest absolute Gasteiger partial charge is 0.315 e. The SMILES string of the molecule is COC(=O)CSc1ccc([C@H](C)O)cc1F. The van der Waals surface area contributed by atoms with Crippen LogP contribution in [0.4, 0.5) is 4.39 Å². The van der Waals surface area contributed by atoms with Crippen molar-refractivity contribution in [2.45, 2.75) is 17.9 Å². The monoisotopic (exact) mass is 244 g/mol. The number of ether oxygens (including phenoxy) is 1. The van der Waals surface area contributed by atoms with E-state index in [1.807, 2.05) is 0 Å². The number of carbonyl (C=O) groups is 1. The van der Waals surface area contributed by atoms with E-state index in [2.05, 4.69) is 4.74 Å². The summed E-state index contributed by atoms with van der Waals surface area (Å²) in [7, 11) is 1.29. The molecule has 1 aromatic carbocycles. The largest absolute Gasteiger partial charge is 0.468 e. The predicted octanol–water partition coefficient (Wildman–Crippen LogP) is 2.14. The Bertz CT molecular complexity index is 379. The van der Waals surface area contributed by atoms with E-state index < -0.39 is 17.9 Å². The molecule has 0 aliphatic carbocycles. The summed E-state index contributed by atoms with van der Waals surface area (Å²) in [6.45, 7) is 1.57. The molecule has 1 atom stereocenters. The fraction of sp³-hybridized carbons (Fsp3) is 0.364. The first-order valence-electron chi connectivity index (χ1n) is 4.71. The lowest BCUT2D eigenvalue weighted by molar-refractivity contribution is -0.137. The molecular formula is C11H13FO3S. The van der Waals surface area contributed by atoms with Gasteiger partial charge in [0.25, 0.3) is 0 Å². The molecular weight excluding hydrogens is 231 g/mol. The first-order chi connectivity index (χ1) is 7.54. The van der Waals surface area contributed by atoms with Crippen molar-refractivity contribution in [2.75, 3.05) is 12.9 Å². The van der Waals surface area contributed by atoms with Crippen LogP contribution in [0.3, 0.4) is 0 Å². The minimum atomic E-state index is -0.700. The summed E-state index contributed by atoms with van der Waals surface area (Å²) in [6.07, 6.45) is -0.700. The molecule has 0 unspecified atom stereocenters. The minimum absolute atomic E-state index is 0.0709. The maximum absolute atomic E-state index is 13.5. The van der Waals surface area contributed by atoms with E-state index in [0.717, 1.165) is 11.8 Å². The average molecular weight is 244 g/mol. The van der Waals surface area contributed by atoms with E-state index in [9.17, 15) is 14.3 Å². The number of halogens is 1. The number of hydrogen-bond acceptors (Lipinski definition) is 4. The molecule has 0 aliphatic heterocycles. The van der Waals surface area contributed by atoms with Gasteiger partial charge in [-0.25, -0.2) is 4.39 Å². The fourth-order valence-electron chi connectivity index (χ4n) is 1.09. The number of thioether (sulfide) groups is 1. The Morgan fingerprint density at radius 1 is 1.62 bits per heavy atom. The van der Waals surface area contributed by atoms with E-state index in [1.54, 1.807) is 19.1 Å². The number of methoxy groups -OCH3 is 1. The Balaban J connectivity index is 2.72. The molecule has 1 rings (SSSR count). The molecule has 0 spiro atoms. The highest BCUT2D eigenvalue weighted by Gasteiger charge is 2.09. The highest BCUT2D eigenvalue weighted by molar-refractivity contribution is 8.00. The van der Waals surface area contributed by atoms with Crippen molar-refractivity contribution in [3.63, 3.8) is 0 Å². The standard InChI is InChI=1S/C11H13FO3S/c1-7(13)8-3-4-10(9(12)5-8)16-6-11(14)15-2/h3-5,7,13H,6H2,1-2H3/t7-/m0/s1. The number of aliphatic hydroxyl groups excluding tert-OH is 1. The molecule has 16 heavy (non-hydrogen) atoms. The van der Waals surface area contributed by atoms with Crippen molar-refractivity contribution >= 4 is 17.7 Å². The quantitative estimate of drug-likeness (QED) is 0.651. The van der Waals surface area contributed by atoms with Crippen molar-refractivity contribution in [2.24, 2.45) is 0 Å². The van der Waals surface area contributed by atoms with E-state index in [4.69, 9.17) is 0 Å². The van der Waals surface area contributed by atoms with Crippen LogP contribution < -0.4 is 0 Å². The Kier molecular flexibility index (Phi) is 4.76. The zero-order valence-corrected chi connectivity index (χ0v) is 9.88. The van der Waals surface area contributed by atoms with Gasteiger partial charge in [0.2, 0.25) is 0 Å². The van der Waals surface area contributed by atoms with E-state index in [-0.39, 0.29) is 5.75 Å². The van der Waals surface area contributed by atoms with E-state index in [1.165, 1.54) is 13.2 Å². The van der Waals surface area contributed by atoms with Crippen LogP contribution in [0.5, 0.6) is 0 Å². The molecule has 0 saturated carbocycles. The van der Waals surface area contributed by atoms with Gasteiger partial charge in [0.15, 0.2) is 0 Å². The van der Waals surface area contributed by atoms with Gasteiger partial charge in [-0.1, -0.05) is 6.07 Å². The van der Waals surface area contributed by atoms with Gasteiger partial charge in [-0.05, 0) is 24.6 Å². The van der Waals surface area contributed by atoms with E-state index >= 15 is 0 Å². The molecule has 0 fully saturated rings. The summed E-state index contributed by atoms with van der Waals surface area (Å²) in [5.74, 6) is -0.766. The van der Waals surface area contributed by atoms with Gasteiger partial charge in [0.05, 0.1) is 19.0 Å². The topological polar surface area (TPSA) is 46.5 Å². The van der Waals surface area contributed by atoms with Gasteiger partial charge < -0.3 is 9.84 Å². The van der Waals surface area contributed by atoms with Gasteiger partial charge >= 0.3 is 5.97 Å². The van der Waals surface area contributed by atoms with Crippen molar-refractivity contribution in [3.8, 4) is 0 Å². The Morgan fingerprint density at radius 3 is 2.81 bits per heavy atom. The van der Waals surface area contributed by atoms with Gasteiger partial charge in [-0.3, -0.25) is 4.79 Å². The molecule has 88 valence electrons. The highest BCUT2D eigenvalue weighted by atomic mass is 32.2. The molecule has 0 radical (unpaired) electrons. The second-order valence-electron chi connectivity index (χ2n) is 3.23. The van der Waals surface area contributed by atoms with Crippen LogP contribution in [0.15, 0.2) is 23.1 Å². The fourth-order valence-corrected chi connectivity index (χ4v) is 1.84. The number of rotatable bonds is 4. The number of carbonyl (C=O) groups excluding carboxylic acids is 1.